The fraction of sp³-hybridized carbons (Fsp3) is 0.769. The molecule has 1 aromatic heterocycles. The van der Waals surface area contributed by atoms with E-state index in [1.807, 2.05) is 24.3 Å². The van der Waals surface area contributed by atoms with Crippen LogP contribution in [0.5, 0.6) is 0 Å². The van der Waals surface area contributed by atoms with Crippen molar-refractivity contribution in [2.24, 2.45) is 0 Å². The molecule has 1 N–H and O–H groups in total. The smallest absolute Gasteiger partial charge is 0.111 e. The molecule has 3 rings (SSSR count). The Morgan fingerprint density at radius 2 is 2.50 bits per heavy atom. The van der Waals surface area contributed by atoms with Gasteiger partial charge in [0.25, 0.3) is 0 Å². The molecular weight excluding hydrogens is 246 g/mol. The molecule has 1 saturated heterocycles. The molecule has 18 heavy (non-hydrogen) atoms. The summed E-state index contributed by atoms with van der Waals surface area (Å²) in [4.78, 5) is 4.32. The largest absolute Gasteiger partial charge is 0.369 e. The average Bonchev–Trinajstić information content (AvgIpc) is 2.83. The molecule has 1 atom stereocenters. The lowest BCUT2D eigenvalue weighted by Crippen LogP contribution is -2.39. The second-order valence-corrected chi connectivity index (χ2v) is 6.52. The van der Waals surface area contributed by atoms with E-state index in [9.17, 15) is 0 Å². The molecule has 1 aromatic rings. The van der Waals surface area contributed by atoms with Gasteiger partial charge in [-0.15, -0.1) is 0 Å². The molecule has 2 aliphatic rings. The molecule has 2 fully saturated rings. The van der Waals surface area contributed by atoms with Gasteiger partial charge in [-0.2, -0.15) is 11.8 Å². The van der Waals surface area contributed by atoms with E-state index in [0.29, 0.717) is 4.75 Å². The first-order chi connectivity index (χ1) is 8.83. The zero-order valence-corrected chi connectivity index (χ0v) is 11.7. The summed E-state index contributed by atoms with van der Waals surface area (Å²) in [5, 5.41) is 3.38. The monoisotopic (exact) mass is 267 g/mol. The summed E-state index contributed by atoms with van der Waals surface area (Å²) in [6.07, 6.45) is 10.3. The van der Waals surface area contributed by atoms with Crippen molar-refractivity contribution >= 4 is 11.8 Å². The maximum Gasteiger partial charge on any atom is 0.111 e. The molecule has 1 aliphatic carbocycles. The number of nitrogens with one attached hydrogen (secondary N) is 1. The Hall–Kier alpha value is -0.520. The van der Waals surface area contributed by atoms with Crippen molar-refractivity contribution in [1.82, 2.24) is 14.9 Å². The molecule has 100 valence electrons. The number of hydrogen-bond acceptors (Lipinski definition) is 4. The molecule has 0 bridgehead atoms. The Morgan fingerprint density at radius 1 is 1.61 bits per heavy atom. The van der Waals surface area contributed by atoms with Gasteiger partial charge in [0.1, 0.15) is 6.10 Å². The molecule has 0 amide bonds. The van der Waals surface area contributed by atoms with E-state index in [1.54, 1.807) is 0 Å². The maximum absolute atomic E-state index is 5.83. The minimum absolute atomic E-state index is 0.167. The molecule has 2 heterocycles. The number of aromatic nitrogens is 2. The molecule has 5 heteroatoms. The van der Waals surface area contributed by atoms with E-state index in [4.69, 9.17) is 4.74 Å². The van der Waals surface area contributed by atoms with E-state index in [-0.39, 0.29) is 6.10 Å². The fourth-order valence-electron chi connectivity index (χ4n) is 2.79. The average molecular weight is 267 g/mol. The third kappa shape index (κ3) is 2.31. The molecule has 0 aromatic carbocycles. The number of morpholine rings is 1. The molecule has 0 radical (unpaired) electrons. The molecular formula is C13H21N3OS. The lowest BCUT2D eigenvalue weighted by Gasteiger charge is -2.41. The zero-order valence-electron chi connectivity index (χ0n) is 10.9. The van der Waals surface area contributed by atoms with Crippen molar-refractivity contribution in [2.45, 2.75) is 36.7 Å². The van der Waals surface area contributed by atoms with Crippen LogP contribution < -0.4 is 5.32 Å². The third-order valence-corrected chi connectivity index (χ3v) is 5.56. The van der Waals surface area contributed by atoms with Gasteiger partial charge in [0.05, 0.1) is 24.8 Å². The van der Waals surface area contributed by atoms with Crippen LogP contribution in [0, 0.1) is 0 Å². The highest BCUT2D eigenvalue weighted by Gasteiger charge is 2.37. The Balaban J connectivity index is 1.74. The number of imidazole rings is 1. The predicted molar refractivity (Wildman–Crippen MR) is 73.9 cm³/mol. The van der Waals surface area contributed by atoms with Crippen molar-refractivity contribution < 1.29 is 4.74 Å². The number of thioether (sulfide) groups is 1. The molecule has 4 nitrogen and oxygen atoms in total. The number of rotatable bonds is 4. The topological polar surface area (TPSA) is 39.1 Å². The summed E-state index contributed by atoms with van der Waals surface area (Å²) in [6, 6.07) is 0. The van der Waals surface area contributed by atoms with Crippen molar-refractivity contribution in [3.63, 3.8) is 0 Å². The van der Waals surface area contributed by atoms with Gasteiger partial charge in [0.2, 0.25) is 0 Å². The Bertz CT molecular complexity index is 391. The third-order valence-electron chi connectivity index (χ3n) is 4.16. The Morgan fingerprint density at radius 3 is 3.11 bits per heavy atom. The van der Waals surface area contributed by atoms with E-state index >= 15 is 0 Å². The lowest BCUT2D eigenvalue weighted by molar-refractivity contribution is 0.0222. The quantitative estimate of drug-likeness (QED) is 0.903. The first-order valence-corrected chi connectivity index (χ1v) is 7.93. The van der Waals surface area contributed by atoms with Gasteiger partial charge in [-0.25, -0.2) is 4.98 Å². The summed E-state index contributed by atoms with van der Waals surface area (Å²) in [5.74, 6) is 0. The summed E-state index contributed by atoms with van der Waals surface area (Å²) in [6.45, 7) is 3.73. The van der Waals surface area contributed by atoms with Gasteiger partial charge in [-0.1, -0.05) is 6.42 Å². The second kappa shape index (κ2) is 5.23. The predicted octanol–water partition coefficient (Wildman–Crippen LogP) is 1.83. The van der Waals surface area contributed by atoms with E-state index in [2.05, 4.69) is 21.1 Å². The van der Waals surface area contributed by atoms with Gasteiger partial charge in [-0.3, -0.25) is 0 Å². The van der Waals surface area contributed by atoms with Crippen molar-refractivity contribution in [3.8, 4) is 0 Å². The number of nitrogens with zero attached hydrogens (tertiary/aromatic N) is 2. The first-order valence-electron chi connectivity index (χ1n) is 6.70. The lowest BCUT2D eigenvalue weighted by atomic mass is 9.84. The van der Waals surface area contributed by atoms with Crippen LogP contribution >= 0.6 is 11.8 Å². The van der Waals surface area contributed by atoms with Gasteiger partial charge in [-0.05, 0) is 19.1 Å². The van der Waals surface area contributed by atoms with Crippen LogP contribution in [0.2, 0.25) is 0 Å². The molecule has 1 aliphatic heterocycles. The van der Waals surface area contributed by atoms with Gasteiger partial charge >= 0.3 is 0 Å². The second-order valence-electron chi connectivity index (χ2n) is 5.25. The van der Waals surface area contributed by atoms with Crippen molar-refractivity contribution in [2.75, 3.05) is 26.0 Å². The summed E-state index contributed by atoms with van der Waals surface area (Å²) >= 11 is 2.01. The fourth-order valence-corrected chi connectivity index (χ4v) is 3.76. The van der Waals surface area contributed by atoms with Crippen LogP contribution in [0.25, 0.3) is 0 Å². The van der Waals surface area contributed by atoms with Crippen LogP contribution in [0.3, 0.4) is 0 Å². The SMILES string of the molecule is CSC1(Cn2cncc2C2CNCCO2)CCC1. The van der Waals surface area contributed by atoms with E-state index in [1.165, 1.54) is 25.0 Å². The van der Waals surface area contributed by atoms with E-state index < -0.39 is 0 Å². The standard InChI is InChI=1S/C13H21N3OS/c1-18-13(3-2-4-13)9-16-10-15-7-11(16)12-8-14-5-6-17-12/h7,10,12,14H,2-6,8-9H2,1H3. The van der Waals surface area contributed by atoms with Crippen LogP contribution in [0.1, 0.15) is 31.1 Å². The normalized spacial score (nSPS) is 26.8. The summed E-state index contributed by atoms with van der Waals surface area (Å²) in [7, 11) is 0. The van der Waals surface area contributed by atoms with Crippen molar-refractivity contribution in [3.05, 3.63) is 18.2 Å². The van der Waals surface area contributed by atoms with Crippen LogP contribution in [-0.2, 0) is 11.3 Å². The Labute approximate surface area is 112 Å². The van der Waals surface area contributed by atoms with Gasteiger partial charge in [0.15, 0.2) is 0 Å². The van der Waals surface area contributed by atoms with Crippen LogP contribution in [0.4, 0.5) is 0 Å². The highest BCUT2D eigenvalue weighted by molar-refractivity contribution is 8.00. The number of hydrogen-bond donors (Lipinski definition) is 1. The maximum atomic E-state index is 5.83. The van der Waals surface area contributed by atoms with Crippen molar-refractivity contribution in [1.29, 1.82) is 0 Å². The zero-order chi connectivity index (χ0) is 12.4. The highest BCUT2D eigenvalue weighted by Crippen LogP contribution is 2.44. The minimum atomic E-state index is 0.167. The molecule has 1 saturated carbocycles. The van der Waals surface area contributed by atoms with Gasteiger partial charge in [0, 0.05) is 24.4 Å². The summed E-state index contributed by atoms with van der Waals surface area (Å²) < 4.78 is 8.57. The van der Waals surface area contributed by atoms with E-state index in [0.717, 1.165) is 26.2 Å². The van der Waals surface area contributed by atoms with Crippen LogP contribution in [0.15, 0.2) is 12.5 Å². The highest BCUT2D eigenvalue weighted by atomic mass is 32.2. The Kier molecular flexibility index (Phi) is 3.63. The molecule has 1 unspecified atom stereocenters. The van der Waals surface area contributed by atoms with Crippen LogP contribution in [-0.4, -0.2) is 40.3 Å². The van der Waals surface area contributed by atoms with Gasteiger partial charge < -0.3 is 14.6 Å². The first kappa shape index (κ1) is 12.5. The molecule has 0 spiro atoms. The summed E-state index contributed by atoms with van der Waals surface area (Å²) in [5.41, 5.74) is 1.22. The number of ether oxygens (including phenoxy) is 1. The minimum Gasteiger partial charge on any atom is -0.369 e.